The Balaban J connectivity index is 3.65. The number of benzene rings is 1. The van der Waals surface area contributed by atoms with Crippen molar-refractivity contribution in [2.75, 3.05) is 0 Å². The summed E-state index contributed by atoms with van der Waals surface area (Å²) in [4.78, 5) is 0. The molecule has 0 amide bonds. The van der Waals surface area contributed by atoms with E-state index in [2.05, 4.69) is 41.5 Å². The van der Waals surface area contributed by atoms with Crippen LogP contribution in [0.2, 0.25) is 0 Å². The second-order valence-electron chi connectivity index (χ2n) is 6.79. The summed E-state index contributed by atoms with van der Waals surface area (Å²) in [6.07, 6.45) is 0. The van der Waals surface area contributed by atoms with E-state index >= 15 is 0 Å². The molecule has 0 N–H and O–H groups in total. The van der Waals surface area contributed by atoms with Crippen LogP contribution in [0.15, 0.2) is 18.2 Å². The molecule has 0 radical (unpaired) electrons. The Morgan fingerprint density at radius 1 is 0.895 bits per heavy atom. The topological polar surface area (TPSA) is 0 Å². The molecule has 0 saturated carbocycles. The normalized spacial score (nSPS) is 13.7. The van der Waals surface area contributed by atoms with E-state index in [4.69, 9.17) is 11.6 Å². The first-order chi connectivity index (χ1) is 8.45. The van der Waals surface area contributed by atoms with E-state index in [1.807, 2.05) is 0 Å². The van der Waals surface area contributed by atoms with Gasteiger partial charge in [-0.05, 0) is 41.5 Å². The largest absolute Gasteiger partial charge is 0.304 e. The molecule has 4 heteroatoms. The van der Waals surface area contributed by atoms with Gasteiger partial charge in [0.25, 0.3) is 0 Å². The van der Waals surface area contributed by atoms with Gasteiger partial charge in [0.15, 0.2) is 0 Å². The molecule has 0 aliphatic heterocycles. The maximum Gasteiger partial charge on any atom is 0.129 e. The molecule has 0 saturated heterocycles. The lowest BCUT2D eigenvalue weighted by molar-refractivity contribution is 0.584. The fourth-order valence-electron chi connectivity index (χ4n) is 2.87. The quantitative estimate of drug-likeness (QED) is 0.495. The van der Waals surface area contributed by atoms with E-state index in [0.717, 1.165) is 6.07 Å². The van der Waals surface area contributed by atoms with Gasteiger partial charge in [0.1, 0.15) is 11.6 Å². The van der Waals surface area contributed by atoms with Crippen LogP contribution in [0.1, 0.15) is 41.5 Å². The van der Waals surface area contributed by atoms with Crippen LogP contribution in [0.3, 0.4) is 0 Å². The van der Waals surface area contributed by atoms with Crippen LogP contribution in [0.25, 0.3) is 0 Å². The van der Waals surface area contributed by atoms with Crippen molar-refractivity contribution in [3.63, 3.8) is 0 Å². The van der Waals surface area contributed by atoms with E-state index in [9.17, 15) is 8.78 Å². The molecule has 0 aliphatic rings. The van der Waals surface area contributed by atoms with Gasteiger partial charge < -0.3 is 11.6 Å². The third-order valence-corrected chi connectivity index (χ3v) is 9.99. The van der Waals surface area contributed by atoms with Crippen molar-refractivity contribution >= 4 is 24.2 Å². The third kappa shape index (κ3) is 2.95. The van der Waals surface area contributed by atoms with E-state index < -0.39 is 18.9 Å². The number of hydrogen-bond acceptors (Lipinski definition) is 0. The van der Waals surface area contributed by atoms with Crippen molar-refractivity contribution in [3.8, 4) is 0 Å². The van der Waals surface area contributed by atoms with Crippen LogP contribution in [0.4, 0.5) is 8.78 Å². The molecule has 108 valence electrons. The minimum absolute atomic E-state index is 0.173. The Hall–Kier alpha value is -0.200. The zero-order chi connectivity index (χ0) is 15.1. The number of rotatable bonds is 2. The highest BCUT2D eigenvalue weighted by Crippen LogP contribution is 2.78. The molecule has 0 heterocycles. The monoisotopic (exact) mass is 306 g/mol. The standard InChI is InChI=1S/C15H22ClF2P/c1-14(2,3)19(10-16,15(4,5)6)13-8-11(17)7-12(18)9-13/h7-10H,1-6H3. The van der Waals surface area contributed by atoms with E-state index in [1.165, 1.54) is 12.1 Å². The molecule has 0 aromatic heterocycles. The maximum atomic E-state index is 13.6. The first kappa shape index (κ1) is 16.9. The minimum atomic E-state index is -2.09. The smallest absolute Gasteiger partial charge is 0.129 e. The number of halogens is 3. The molecule has 1 rings (SSSR count). The van der Waals surface area contributed by atoms with Crippen molar-refractivity contribution in [2.45, 2.75) is 51.9 Å². The molecule has 1 aromatic carbocycles. The highest BCUT2D eigenvalue weighted by atomic mass is 35.5. The Labute approximate surface area is 120 Å². The summed E-state index contributed by atoms with van der Waals surface area (Å²) < 4.78 is 27.2. The Morgan fingerprint density at radius 2 is 1.26 bits per heavy atom. The fourth-order valence-corrected chi connectivity index (χ4v) is 9.88. The summed E-state index contributed by atoms with van der Waals surface area (Å²) in [7, 11) is -2.09. The molecule has 0 bridgehead atoms. The Morgan fingerprint density at radius 3 is 1.53 bits per heavy atom. The third-order valence-electron chi connectivity index (χ3n) is 3.52. The summed E-state index contributed by atoms with van der Waals surface area (Å²) in [5.74, 6) is -1.10. The van der Waals surface area contributed by atoms with Gasteiger partial charge in [0.05, 0.1) is 15.6 Å². The molecule has 0 nitrogen and oxygen atoms in total. The molecule has 0 atom stereocenters. The average molecular weight is 307 g/mol. The first-order valence-corrected chi connectivity index (χ1v) is 8.55. The van der Waals surface area contributed by atoms with Crippen molar-refractivity contribution in [1.82, 2.24) is 0 Å². The lowest BCUT2D eigenvalue weighted by Crippen LogP contribution is -2.40. The van der Waals surface area contributed by atoms with Gasteiger partial charge in [0.2, 0.25) is 0 Å². The van der Waals surface area contributed by atoms with Crippen LogP contribution < -0.4 is 5.30 Å². The van der Waals surface area contributed by atoms with Gasteiger partial charge in [0, 0.05) is 18.2 Å². The van der Waals surface area contributed by atoms with Crippen LogP contribution in [-0.4, -0.2) is 10.3 Å². The van der Waals surface area contributed by atoms with Gasteiger partial charge in [-0.3, -0.25) is 0 Å². The van der Waals surface area contributed by atoms with E-state index in [1.54, 1.807) is 5.62 Å². The predicted molar refractivity (Wildman–Crippen MR) is 82.6 cm³/mol. The van der Waals surface area contributed by atoms with Crippen molar-refractivity contribution in [3.05, 3.63) is 35.5 Å². The van der Waals surface area contributed by atoms with Gasteiger partial charge >= 0.3 is 0 Å². The molecule has 0 aliphatic carbocycles. The van der Waals surface area contributed by atoms with Crippen molar-refractivity contribution in [1.29, 1.82) is 0 Å². The Bertz CT molecular complexity index is 424. The molecular formula is C15H22ClF2P. The van der Waals surface area contributed by atoms with Gasteiger partial charge in [-0.15, -0.1) is 0 Å². The molecule has 1 aromatic rings. The highest BCUT2D eigenvalue weighted by molar-refractivity contribution is 7.88. The highest BCUT2D eigenvalue weighted by Gasteiger charge is 2.52. The molecule has 0 spiro atoms. The average Bonchev–Trinajstić information content (AvgIpc) is 2.12. The summed E-state index contributed by atoms with van der Waals surface area (Å²) >= 11 is 6.21. The van der Waals surface area contributed by atoms with Crippen LogP contribution >= 0.6 is 18.9 Å². The van der Waals surface area contributed by atoms with Crippen molar-refractivity contribution < 1.29 is 8.78 Å². The Kier molecular flexibility index (Phi) is 4.70. The van der Waals surface area contributed by atoms with Gasteiger partial charge in [-0.1, -0.05) is 12.9 Å². The van der Waals surface area contributed by atoms with Gasteiger partial charge in [-0.25, -0.2) is 8.78 Å². The van der Waals surface area contributed by atoms with Crippen LogP contribution in [0, 0.1) is 17.3 Å². The van der Waals surface area contributed by atoms with E-state index in [-0.39, 0.29) is 10.3 Å². The molecule has 19 heavy (non-hydrogen) atoms. The van der Waals surface area contributed by atoms with Gasteiger partial charge in [-0.2, -0.15) is 0 Å². The van der Waals surface area contributed by atoms with Crippen molar-refractivity contribution in [2.24, 2.45) is 0 Å². The lowest BCUT2D eigenvalue weighted by atomic mass is 10.2. The summed E-state index contributed by atoms with van der Waals surface area (Å²) in [5, 5.41) is 0.334. The van der Waals surface area contributed by atoms with E-state index in [0.29, 0.717) is 5.30 Å². The zero-order valence-corrected chi connectivity index (χ0v) is 14.0. The molecule has 0 unspecified atom stereocenters. The second kappa shape index (κ2) is 5.30. The molecule has 0 fully saturated rings. The lowest BCUT2D eigenvalue weighted by Gasteiger charge is -2.52. The fraction of sp³-hybridized carbons (Fsp3) is 0.533. The zero-order valence-electron chi connectivity index (χ0n) is 12.4. The first-order valence-electron chi connectivity index (χ1n) is 6.26. The SMILES string of the molecule is CC(C)(C)[P+]([CH-]Cl)(c1cc(F)cc(F)c1)C(C)(C)C. The molecular weight excluding hydrogens is 285 g/mol. The number of hydrogen-bond donors (Lipinski definition) is 0. The maximum absolute atomic E-state index is 13.6. The van der Waals surface area contributed by atoms with Crippen LogP contribution in [0.5, 0.6) is 0 Å². The summed E-state index contributed by atoms with van der Waals surface area (Å²) in [5.41, 5.74) is 1.67. The summed E-state index contributed by atoms with van der Waals surface area (Å²) in [6, 6.07) is 3.75. The summed E-state index contributed by atoms with van der Waals surface area (Å²) in [6.45, 7) is 12.5. The minimum Gasteiger partial charge on any atom is -0.304 e. The van der Waals surface area contributed by atoms with Crippen LogP contribution in [-0.2, 0) is 0 Å². The predicted octanol–water partition coefficient (Wildman–Crippen LogP) is 5.56. The second-order valence-corrected chi connectivity index (χ2v) is 12.2.